The molecule has 0 saturated carbocycles. The third kappa shape index (κ3) is 5.78. The first-order valence-electron chi connectivity index (χ1n) is 11.4. The molecule has 0 unspecified atom stereocenters. The molecule has 9 nitrogen and oxygen atoms in total. The van der Waals surface area contributed by atoms with Crippen molar-refractivity contribution < 1.29 is 26.4 Å². The molecule has 0 radical (unpaired) electrons. The zero-order valence-corrected chi connectivity index (χ0v) is 21.4. The highest BCUT2D eigenvalue weighted by Crippen LogP contribution is 2.36. The second-order valence-corrected chi connectivity index (χ2v) is 10.9. The van der Waals surface area contributed by atoms with Crippen molar-refractivity contribution in [2.45, 2.75) is 36.9 Å². The molecule has 1 aliphatic heterocycles. The van der Waals surface area contributed by atoms with Crippen LogP contribution in [0.25, 0.3) is 0 Å². The van der Waals surface area contributed by atoms with Gasteiger partial charge in [0.15, 0.2) is 0 Å². The predicted octanol–water partition coefficient (Wildman–Crippen LogP) is 3.85. The van der Waals surface area contributed by atoms with Crippen molar-refractivity contribution in [3.8, 4) is 0 Å². The Bertz CT molecular complexity index is 1540. The van der Waals surface area contributed by atoms with Crippen molar-refractivity contribution in [2.75, 3.05) is 28.0 Å². The van der Waals surface area contributed by atoms with Crippen molar-refractivity contribution in [3.05, 3.63) is 79.1 Å². The molecule has 14 heteroatoms. The summed E-state index contributed by atoms with van der Waals surface area (Å²) in [6, 6.07) is 7.90. The largest absolute Gasteiger partial charge is 0.417 e. The second-order valence-electron chi connectivity index (χ2n) is 8.85. The number of piperidine rings is 1. The molecule has 1 saturated heterocycles. The number of nitrogens with one attached hydrogen (secondary N) is 3. The number of hydrogen-bond acceptors (Lipinski definition) is 6. The first kappa shape index (κ1) is 27.5. The minimum absolute atomic E-state index is 0.0329. The lowest BCUT2D eigenvalue weighted by Gasteiger charge is -2.35. The van der Waals surface area contributed by atoms with Crippen LogP contribution >= 0.6 is 11.6 Å². The number of nitrogens with zero attached hydrogens (tertiary/aromatic N) is 1. The number of carbonyl (C=O) groups excluding carboxylic acids is 1. The highest BCUT2D eigenvalue weighted by Gasteiger charge is 2.34. The van der Waals surface area contributed by atoms with Crippen molar-refractivity contribution in [1.82, 2.24) is 5.32 Å². The average Bonchev–Trinajstić information content (AvgIpc) is 2.85. The predicted molar refractivity (Wildman–Crippen MR) is 137 cm³/mol. The molecule has 0 bridgehead atoms. The fourth-order valence-electron chi connectivity index (χ4n) is 4.11. The summed E-state index contributed by atoms with van der Waals surface area (Å²) < 4.78 is 66.7. The lowest BCUT2D eigenvalue weighted by atomic mass is 10.0. The molecule has 3 N–H and O–H groups in total. The van der Waals surface area contributed by atoms with Crippen LogP contribution in [0.5, 0.6) is 0 Å². The van der Waals surface area contributed by atoms with Gasteiger partial charge in [0.2, 0.25) is 0 Å². The van der Waals surface area contributed by atoms with Gasteiger partial charge in [-0.2, -0.15) is 13.2 Å². The SMILES string of the molecule is Cc1ccc(S(=O)(=O)Nc2c(N3CCC(NC(=O)Nc4ccc(Cl)c(C(F)(F)F)c4)CC3)c(=O)c2=O)cc1. The highest BCUT2D eigenvalue weighted by molar-refractivity contribution is 7.92. The molecule has 1 aliphatic rings. The van der Waals surface area contributed by atoms with Gasteiger partial charge in [0.1, 0.15) is 11.4 Å². The minimum Gasteiger partial charge on any atom is -0.366 e. The molecule has 3 aromatic carbocycles. The Kier molecular flexibility index (Phi) is 7.44. The van der Waals surface area contributed by atoms with Crippen molar-refractivity contribution in [2.24, 2.45) is 0 Å². The van der Waals surface area contributed by atoms with Gasteiger partial charge in [-0.3, -0.25) is 14.3 Å². The molecule has 0 aromatic heterocycles. The van der Waals surface area contributed by atoms with E-state index in [2.05, 4.69) is 15.4 Å². The number of rotatable bonds is 6. The molecule has 38 heavy (non-hydrogen) atoms. The molecular weight excluding hydrogens is 549 g/mol. The molecule has 0 spiro atoms. The van der Waals surface area contributed by atoms with Crippen LogP contribution in [0, 0.1) is 6.92 Å². The Morgan fingerprint density at radius 1 is 1.03 bits per heavy atom. The quantitative estimate of drug-likeness (QED) is 0.387. The van der Waals surface area contributed by atoms with Crippen molar-refractivity contribution in [1.29, 1.82) is 0 Å². The van der Waals surface area contributed by atoms with E-state index < -0.39 is 43.7 Å². The van der Waals surface area contributed by atoms with Crippen LogP contribution < -0.4 is 31.1 Å². The highest BCUT2D eigenvalue weighted by atomic mass is 35.5. The van der Waals surface area contributed by atoms with Gasteiger partial charge in [-0.15, -0.1) is 0 Å². The molecule has 1 fully saturated rings. The fourth-order valence-corrected chi connectivity index (χ4v) is 5.40. The Hall–Kier alpha value is -3.58. The molecule has 4 rings (SSSR count). The molecule has 202 valence electrons. The van der Waals surface area contributed by atoms with Gasteiger partial charge in [-0.05, 0) is 50.1 Å². The van der Waals surface area contributed by atoms with E-state index in [0.717, 1.165) is 17.7 Å². The van der Waals surface area contributed by atoms with Gasteiger partial charge >= 0.3 is 12.2 Å². The third-order valence-electron chi connectivity index (χ3n) is 6.13. The number of alkyl halides is 3. The van der Waals surface area contributed by atoms with E-state index >= 15 is 0 Å². The maximum absolute atomic E-state index is 13.0. The van der Waals surface area contributed by atoms with Crippen LogP contribution in [0.3, 0.4) is 0 Å². The van der Waals surface area contributed by atoms with Gasteiger partial charge in [-0.25, -0.2) is 13.2 Å². The lowest BCUT2D eigenvalue weighted by molar-refractivity contribution is -0.137. The van der Waals surface area contributed by atoms with Gasteiger partial charge in [0, 0.05) is 24.8 Å². The summed E-state index contributed by atoms with van der Waals surface area (Å²) in [6.07, 6.45) is -4.00. The Balaban J connectivity index is 1.37. The van der Waals surface area contributed by atoms with Gasteiger partial charge in [-0.1, -0.05) is 29.3 Å². The van der Waals surface area contributed by atoms with E-state index in [4.69, 9.17) is 11.6 Å². The molecule has 3 aromatic rings. The summed E-state index contributed by atoms with van der Waals surface area (Å²) >= 11 is 5.59. The Morgan fingerprint density at radius 2 is 1.66 bits per heavy atom. The summed E-state index contributed by atoms with van der Waals surface area (Å²) in [5.74, 6) is 0. The molecule has 0 aliphatic carbocycles. The number of halogens is 4. The number of sulfonamides is 1. The van der Waals surface area contributed by atoms with E-state index in [1.54, 1.807) is 24.0 Å². The normalized spacial score (nSPS) is 14.9. The summed E-state index contributed by atoms with van der Waals surface area (Å²) in [6.45, 7) is 2.25. The first-order chi connectivity index (χ1) is 17.8. The number of carbonyl (C=O) groups is 1. The molecule has 0 atom stereocenters. The third-order valence-corrected chi connectivity index (χ3v) is 7.82. The number of aryl methyl sites for hydroxylation is 1. The zero-order chi connectivity index (χ0) is 27.8. The van der Waals surface area contributed by atoms with Gasteiger partial charge in [0.05, 0.1) is 15.5 Å². The fraction of sp³-hybridized carbons (Fsp3) is 0.292. The first-order valence-corrected chi connectivity index (χ1v) is 13.2. The van der Waals surface area contributed by atoms with Crippen LogP contribution in [0.15, 0.2) is 56.9 Å². The van der Waals surface area contributed by atoms with Crippen LogP contribution in [-0.4, -0.2) is 33.6 Å². The van der Waals surface area contributed by atoms with E-state index in [0.29, 0.717) is 12.8 Å². The van der Waals surface area contributed by atoms with Crippen LogP contribution in [0.4, 0.5) is 35.0 Å². The summed E-state index contributed by atoms with van der Waals surface area (Å²) in [4.78, 5) is 38.3. The lowest BCUT2D eigenvalue weighted by Crippen LogP contribution is -2.50. The second kappa shape index (κ2) is 10.3. The topological polar surface area (TPSA) is 125 Å². The van der Waals surface area contributed by atoms with E-state index in [9.17, 15) is 36.0 Å². The average molecular weight is 571 g/mol. The van der Waals surface area contributed by atoms with E-state index in [1.165, 1.54) is 18.2 Å². The number of benzene rings is 2. The van der Waals surface area contributed by atoms with E-state index in [-0.39, 0.29) is 41.1 Å². The Morgan fingerprint density at radius 3 is 2.26 bits per heavy atom. The van der Waals surface area contributed by atoms with Gasteiger partial charge in [0.25, 0.3) is 20.9 Å². The number of hydrogen-bond donors (Lipinski definition) is 3. The summed E-state index contributed by atoms with van der Waals surface area (Å²) in [5, 5.41) is 4.51. The zero-order valence-electron chi connectivity index (χ0n) is 19.9. The van der Waals surface area contributed by atoms with Crippen molar-refractivity contribution in [3.63, 3.8) is 0 Å². The molecule has 1 heterocycles. The van der Waals surface area contributed by atoms with Crippen molar-refractivity contribution >= 4 is 44.7 Å². The smallest absolute Gasteiger partial charge is 0.366 e. The maximum Gasteiger partial charge on any atom is 0.417 e. The number of urea groups is 1. The number of amides is 2. The van der Waals surface area contributed by atoms with Crippen LogP contribution in [0.1, 0.15) is 24.0 Å². The minimum atomic E-state index is -4.68. The van der Waals surface area contributed by atoms with E-state index in [1.807, 2.05) is 0 Å². The number of anilines is 3. The summed E-state index contributed by atoms with van der Waals surface area (Å²) in [7, 11) is -4.09. The van der Waals surface area contributed by atoms with Gasteiger partial charge < -0.3 is 15.5 Å². The molecular formula is C24H22ClF3N4O5S. The monoisotopic (exact) mass is 570 g/mol. The maximum atomic E-state index is 13.0. The Labute approximate surface area is 220 Å². The van der Waals surface area contributed by atoms with Crippen LogP contribution in [0.2, 0.25) is 5.02 Å². The van der Waals surface area contributed by atoms with Crippen LogP contribution in [-0.2, 0) is 16.2 Å². The standard InChI is InChI=1S/C24H22ClF3N4O5S/c1-13-2-5-16(6-3-13)38(36,37)31-19-20(22(34)21(19)33)32-10-8-14(9-11-32)29-23(35)30-15-4-7-18(25)17(12-15)24(26,27)28/h2-7,12,14,31H,8-11H2,1H3,(H2,29,30,35). The summed E-state index contributed by atoms with van der Waals surface area (Å²) in [5.41, 5.74) is -2.39. The molecule has 2 amide bonds.